The number of hydrogen-bond donors (Lipinski definition) is 0. The molecule has 0 saturated heterocycles. The molecule has 0 aromatic heterocycles. The molecule has 0 amide bonds. The van der Waals surface area contributed by atoms with Gasteiger partial charge in [-0.25, -0.2) is 4.79 Å². The molecule has 0 saturated carbocycles. The van der Waals surface area contributed by atoms with Crippen molar-refractivity contribution in [3.8, 4) is 11.5 Å². The number of allylic oxidation sites excluding steroid dienone is 2. The molecule has 1 aliphatic carbocycles. The molecule has 3 aliphatic rings. The zero-order chi connectivity index (χ0) is 27.2. The fraction of sp³-hybridized carbons (Fsp3) is 0.500. The lowest BCUT2D eigenvalue weighted by Gasteiger charge is -2.48. The van der Waals surface area contributed by atoms with Crippen molar-refractivity contribution in [2.24, 2.45) is 5.92 Å². The minimum Gasteiger partial charge on any atom is -0.487 e. The molecule has 5 rings (SSSR count). The van der Waals surface area contributed by atoms with Gasteiger partial charge in [-0.15, -0.1) is 0 Å². The Bertz CT molecular complexity index is 1290. The van der Waals surface area contributed by atoms with Gasteiger partial charge in [0.05, 0.1) is 6.42 Å². The molecule has 0 fully saturated rings. The number of carbonyl (C=O) groups excluding carboxylic acids is 2. The highest BCUT2D eigenvalue weighted by Crippen LogP contribution is 2.57. The number of ether oxygens (including phenoxy) is 3. The normalized spacial score (nSPS) is 25.1. The Morgan fingerprint density at radius 3 is 2.53 bits per heavy atom. The summed E-state index contributed by atoms with van der Waals surface area (Å²) in [6.07, 6.45) is 8.00. The molecule has 3 atom stereocenters. The number of aryl methyl sites for hydroxylation is 1. The Balaban J connectivity index is 1.75. The van der Waals surface area contributed by atoms with Crippen molar-refractivity contribution >= 4 is 23.4 Å². The van der Waals surface area contributed by atoms with Crippen LogP contribution in [-0.2, 0) is 21.7 Å². The van der Waals surface area contributed by atoms with Crippen LogP contribution in [0.3, 0.4) is 0 Å². The number of fused-ring (bicyclic) bond motifs is 5. The number of hydrogen-bond acceptors (Lipinski definition) is 5. The van der Waals surface area contributed by atoms with Crippen LogP contribution in [-0.4, -0.2) is 17.4 Å². The Hall–Kier alpha value is -2.79. The van der Waals surface area contributed by atoms with Crippen molar-refractivity contribution in [2.75, 3.05) is 0 Å². The van der Waals surface area contributed by atoms with Gasteiger partial charge in [0.25, 0.3) is 5.79 Å². The van der Waals surface area contributed by atoms with Crippen LogP contribution < -0.4 is 9.47 Å². The molecular weight excluding hydrogens is 500 g/mol. The zero-order valence-corrected chi connectivity index (χ0v) is 23.7. The van der Waals surface area contributed by atoms with E-state index < -0.39 is 11.8 Å². The van der Waals surface area contributed by atoms with Crippen LogP contribution >= 0.6 is 11.6 Å². The van der Waals surface area contributed by atoms with Crippen LogP contribution in [0, 0.1) is 5.92 Å². The van der Waals surface area contributed by atoms with Crippen molar-refractivity contribution in [3.05, 3.63) is 69.3 Å². The molecule has 38 heavy (non-hydrogen) atoms. The summed E-state index contributed by atoms with van der Waals surface area (Å²) in [6, 6.07) is 8.99. The third-order valence-electron chi connectivity index (χ3n) is 8.25. The van der Waals surface area contributed by atoms with Crippen LogP contribution in [0.2, 0.25) is 5.02 Å². The average molecular weight is 537 g/mol. The first-order chi connectivity index (χ1) is 18.0. The van der Waals surface area contributed by atoms with Gasteiger partial charge in [-0.2, -0.15) is 0 Å². The van der Waals surface area contributed by atoms with E-state index in [1.54, 1.807) is 24.3 Å². The molecule has 0 spiro atoms. The smallest absolute Gasteiger partial charge is 0.345 e. The van der Waals surface area contributed by atoms with E-state index in [0.29, 0.717) is 21.9 Å². The highest BCUT2D eigenvalue weighted by molar-refractivity contribution is 6.30. The number of unbranched alkanes of at least 4 members (excludes halogenated alkanes) is 2. The molecule has 0 radical (unpaired) electrons. The Morgan fingerprint density at radius 2 is 1.84 bits per heavy atom. The zero-order valence-electron chi connectivity index (χ0n) is 23.0. The van der Waals surface area contributed by atoms with E-state index in [-0.39, 0.29) is 29.6 Å². The number of cyclic esters (lactones) is 1. The minimum atomic E-state index is -1.58. The molecule has 1 unspecified atom stereocenters. The molecule has 2 heterocycles. The van der Waals surface area contributed by atoms with E-state index in [1.165, 1.54) is 12.5 Å². The van der Waals surface area contributed by atoms with Gasteiger partial charge in [0.2, 0.25) is 0 Å². The number of rotatable bonds is 7. The Labute approximate surface area is 230 Å². The predicted octanol–water partition coefficient (Wildman–Crippen LogP) is 8.06. The molecule has 2 aromatic carbocycles. The summed E-state index contributed by atoms with van der Waals surface area (Å²) in [6.45, 7) is 10.1. The number of ketones is 1. The third-order valence-corrected chi connectivity index (χ3v) is 8.51. The van der Waals surface area contributed by atoms with Gasteiger partial charge in [-0.05, 0) is 89.3 Å². The SMILES string of the molecule is CCCCCc1cc2c(c3c1C(=O)OC(CC(C)=O)(c1ccc(Cl)cc1)O3)[C@@H]1C=C(C)CC[C@H]1C(C)(C)O2. The fourth-order valence-electron chi connectivity index (χ4n) is 6.40. The maximum absolute atomic E-state index is 13.9. The van der Waals surface area contributed by atoms with Crippen LogP contribution in [0.1, 0.15) is 106 Å². The second kappa shape index (κ2) is 10.1. The van der Waals surface area contributed by atoms with Gasteiger partial charge >= 0.3 is 5.97 Å². The largest absolute Gasteiger partial charge is 0.487 e. The predicted molar refractivity (Wildman–Crippen MR) is 148 cm³/mol. The van der Waals surface area contributed by atoms with Crippen molar-refractivity contribution in [1.82, 2.24) is 0 Å². The van der Waals surface area contributed by atoms with Gasteiger partial charge in [-0.3, -0.25) is 4.79 Å². The van der Waals surface area contributed by atoms with E-state index in [9.17, 15) is 9.59 Å². The van der Waals surface area contributed by atoms with Crippen LogP contribution in [0.15, 0.2) is 42.0 Å². The Kier molecular flexibility index (Phi) is 7.10. The first-order valence-corrected chi connectivity index (χ1v) is 14.2. The lowest BCUT2D eigenvalue weighted by Crippen LogP contribution is -2.47. The molecule has 2 aromatic rings. The second-order valence-electron chi connectivity index (χ2n) is 11.6. The number of esters is 1. The molecule has 0 N–H and O–H groups in total. The Morgan fingerprint density at radius 1 is 1.11 bits per heavy atom. The number of carbonyl (C=O) groups is 2. The van der Waals surface area contributed by atoms with Gasteiger partial charge < -0.3 is 14.2 Å². The van der Waals surface area contributed by atoms with Gasteiger partial charge in [-0.1, -0.05) is 43.0 Å². The van der Waals surface area contributed by atoms with Crippen LogP contribution in [0.4, 0.5) is 0 Å². The summed E-state index contributed by atoms with van der Waals surface area (Å²) < 4.78 is 19.6. The minimum absolute atomic E-state index is 0.0343. The van der Waals surface area contributed by atoms with E-state index in [4.69, 9.17) is 25.8 Å². The molecular formula is C32H37ClO5. The van der Waals surface area contributed by atoms with Crippen molar-refractivity contribution < 1.29 is 23.8 Å². The monoisotopic (exact) mass is 536 g/mol. The summed E-state index contributed by atoms with van der Waals surface area (Å²) in [4.78, 5) is 26.4. The number of Topliss-reactive ketones (excluding diaryl/α,β-unsaturated/α-hetero) is 1. The van der Waals surface area contributed by atoms with Crippen LogP contribution in [0.25, 0.3) is 0 Å². The summed E-state index contributed by atoms with van der Waals surface area (Å²) >= 11 is 6.17. The molecule has 2 aliphatic heterocycles. The quantitative estimate of drug-likeness (QED) is 0.203. The highest BCUT2D eigenvalue weighted by Gasteiger charge is 2.51. The van der Waals surface area contributed by atoms with Crippen molar-refractivity contribution in [2.45, 2.75) is 96.9 Å². The number of halogens is 1. The molecule has 202 valence electrons. The topological polar surface area (TPSA) is 61.8 Å². The standard InChI is InChI=1S/C32H37ClO5/c1-6-7-8-9-21-17-26-28(24-16-19(2)10-15-25(24)31(4,5)36-26)29-27(21)30(35)38-32(37-29,18-20(3)34)22-11-13-23(33)14-12-22/h11-14,16-17,24-25H,6-10,15,18H2,1-5H3/t24-,25-,32?/m1/s1. The van der Waals surface area contributed by atoms with E-state index in [1.807, 2.05) is 6.07 Å². The first kappa shape index (κ1) is 26.8. The van der Waals surface area contributed by atoms with Gasteiger partial charge in [0, 0.05) is 28.0 Å². The summed E-state index contributed by atoms with van der Waals surface area (Å²) in [5, 5.41) is 0.547. The summed E-state index contributed by atoms with van der Waals surface area (Å²) in [7, 11) is 0. The maximum atomic E-state index is 13.9. The molecule has 0 bridgehead atoms. The molecule has 5 nitrogen and oxygen atoms in total. The van der Waals surface area contributed by atoms with Gasteiger partial charge in [0.1, 0.15) is 28.4 Å². The maximum Gasteiger partial charge on any atom is 0.345 e. The van der Waals surface area contributed by atoms with E-state index in [0.717, 1.165) is 55.4 Å². The van der Waals surface area contributed by atoms with E-state index in [2.05, 4.69) is 33.8 Å². The summed E-state index contributed by atoms with van der Waals surface area (Å²) in [5.41, 5.74) is 3.75. The van der Waals surface area contributed by atoms with Crippen LogP contribution in [0.5, 0.6) is 11.5 Å². The lowest BCUT2D eigenvalue weighted by molar-refractivity contribution is -0.172. The first-order valence-electron chi connectivity index (χ1n) is 13.8. The fourth-order valence-corrected chi connectivity index (χ4v) is 6.52. The van der Waals surface area contributed by atoms with Crippen molar-refractivity contribution in [3.63, 3.8) is 0 Å². The average Bonchev–Trinajstić information content (AvgIpc) is 2.83. The number of benzene rings is 2. The summed E-state index contributed by atoms with van der Waals surface area (Å²) in [5.74, 6) is -0.665. The van der Waals surface area contributed by atoms with E-state index >= 15 is 0 Å². The third kappa shape index (κ3) is 4.75. The lowest BCUT2D eigenvalue weighted by atomic mass is 9.67. The molecule has 6 heteroatoms. The highest BCUT2D eigenvalue weighted by atomic mass is 35.5. The second-order valence-corrected chi connectivity index (χ2v) is 12.1. The van der Waals surface area contributed by atoms with Crippen molar-refractivity contribution in [1.29, 1.82) is 0 Å². The van der Waals surface area contributed by atoms with Gasteiger partial charge in [0.15, 0.2) is 0 Å².